The quantitative estimate of drug-likeness (QED) is 0.137. The lowest BCUT2D eigenvalue weighted by atomic mass is 10.1. The summed E-state index contributed by atoms with van der Waals surface area (Å²) in [5.74, 6) is -1.22. The van der Waals surface area contributed by atoms with Gasteiger partial charge in [-0.25, -0.2) is 17.9 Å². The Balaban J connectivity index is 1.96. The van der Waals surface area contributed by atoms with Crippen molar-refractivity contribution in [2.75, 3.05) is 12.9 Å². The Kier molecular flexibility index (Phi) is 8.20. The lowest BCUT2D eigenvalue weighted by Crippen LogP contribution is -2.18. The van der Waals surface area contributed by atoms with Crippen molar-refractivity contribution in [3.05, 3.63) is 70.6 Å². The Bertz CT molecular complexity index is 2150. The van der Waals surface area contributed by atoms with E-state index in [1.807, 2.05) is 0 Å². The molecule has 0 amide bonds. The molecule has 4 aromatic rings. The Hall–Kier alpha value is -4.23. The summed E-state index contributed by atoms with van der Waals surface area (Å²) in [7, 11) is -12.6. The zero-order chi connectivity index (χ0) is 31.0. The van der Waals surface area contributed by atoms with Crippen LogP contribution in [0.2, 0.25) is 0 Å². The van der Waals surface area contributed by atoms with Gasteiger partial charge in [-0.1, -0.05) is 31.2 Å². The van der Waals surface area contributed by atoms with Crippen LogP contribution < -0.4 is 5.56 Å². The van der Waals surface area contributed by atoms with Crippen molar-refractivity contribution >= 4 is 58.2 Å². The Morgan fingerprint density at radius 3 is 2.24 bits per heavy atom. The summed E-state index contributed by atoms with van der Waals surface area (Å²) >= 11 is 0. The Labute approximate surface area is 238 Å². The number of nitrogens with one attached hydrogen (secondary N) is 1. The first kappa shape index (κ1) is 30.7. The fourth-order valence-corrected chi connectivity index (χ4v) is 7.08. The van der Waals surface area contributed by atoms with Gasteiger partial charge >= 0.3 is 5.97 Å². The summed E-state index contributed by atoms with van der Waals surface area (Å²) in [5.41, 5.74) is -2.89. The summed E-state index contributed by atoms with van der Waals surface area (Å²) in [6.07, 6.45) is 0.372. The van der Waals surface area contributed by atoms with Gasteiger partial charge in [0.25, 0.3) is 25.8 Å². The van der Waals surface area contributed by atoms with Gasteiger partial charge < -0.3 is 4.74 Å². The van der Waals surface area contributed by atoms with E-state index in [1.54, 1.807) is 6.92 Å². The molecule has 42 heavy (non-hydrogen) atoms. The van der Waals surface area contributed by atoms with Gasteiger partial charge in [0.1, 0.15) is 9.79 Å². The van der Waals surface area contributed by atoms with Crippen molar-refractivity contribution in [1.82, 2.24) is 9.78 Å². The highest BCUT2D eigenvalue weighted by Crippen LogP contribution is 2.33. The maximum atomic E-state index is 13.4. The number of fused-ring (bicyclic) bond motifs is 1. The molecule has 0 saturated heterocycles. The van der Waals surface area contributed by atoms with Crippen LogP contribution in [-0.4, -0.2) is 63.0 Å². The largest absolute Gasteiger partial charge is 0.464 e. The third kappa shape index (κ3) is 5.88. The second-order valence-electron chi connectivity index (χ2n) is 8.70. The highest BCUT2D eigenvalue weighted by molar-refractivity contribution is 7.91. The van der Waals surface area contributed by atoms with Crippen LogP contribution in [0, 0.1) is 0 Å². The van der Waals surface area contributed by atoms with Crippen LogP contribution in [0.15, 0.2) is 84.3 Å². The molecule has 3 N–H and O–H groups in total. The second kappa shape index (κ2) is 11.2. The lowest BCUT2D eigenvalue weighted by Gasteiger charge is -2.12. The maximum absolute atomic E-state index is 13.4. The first-order chi connectivity index (χ1) is 19.6. The van der Waals surface area contributed by atoms with Gasteiger partial charge in [-0.15, -0.1) is 5.11 Å². The van der Waals surface area contributed by atoms with E-state index in [-0.39, 0.29) is 27.1 Å². The van der Waals surface area contributed by atoms with E-state index in [0.717, 1.165) is 37.4 Å². The number of rotatable bonds is 9. The number of aromatic nitrogens is 2. The van der Waals surface area contributed by atoms with E-state index in [9.17, 15) is 43.9 Å². The first-order valence-corrected chi connectivity index (χ1v) is 16.3. The smallest absolute Gasteiger partial charge is 0.358 e. The number of azo groups is 1. The normalized spacial score (nSPS) is 12.7. The molecule has 0 unspecified atom stereocenters. The SMILES string of the molecule is CCCS(=O)(=O)c1cccc(N=Nc2c(C(=O)OC)[nH]n(-c3ccc4c(S(=O)(=O)O)cccc4c3S(=O)(=O)O)c2=O)c1. The molecule has 0 spiro atoms. The number of carbonyl (C=O) groups excluding carboxylic acids is 1. The number of H-pyrrole nitrogens is 1. The summed E-state index contributed by atoms with van der Waals surface area (Å²) in [6.45, 7) is 1.70. The number of sulfone groups is 1. The Morgan fingerprint density at radius 2 is 1.62 bits per heavy atom. The van der Waals surface area contributed by atoms with Gasteiger partial charge in [0, 0.05) is 10.8 Å². The number of methoxy groups -OCH3 is 1. The average molecular weight is 639 g/mol. The number of hydrogen-bond acceptors (Lipinski definition) is 11. The average Bonchev–Trinajstić information content (AvgIpc) is 3.25. The minimum absolute atomic E-state index is 0.0113. The Morgan fingerprint density at radius 1 is 0.929 bits per heavy atom. The number of ether oxygens (including phenoxy) is 1. The summed E-state index contributed by atoms with van der Waals surface area (Å²) in [5, 5.41) is 9.37. The zero-order valence-corrected chi connectivity index (χ0v) is 24.2. The molecule has 4 rings (SSSR count). The van der Waals surface area contributed by atoms with Crippen LogP contribution in [-0.2, 0) is 34.8 Å². The number of aromatic amines is 1. The molecule has 0 saturated carbocycles. The third-order valence-corrected chi connectivity index (χ3v) is 9.67. The lowest BCUT2D eigenvalue weighted by molar-refractivity contribution is 0.0594. The molecule has 3 aromatic carbocycles. The number of benzene rings is 3. The minimum Gasteiger partial charge on any atom is -0.464 e. The second-order valence-corrected chi connectivity index (χ2v) is 13.6. The van der Waals surface area contributed by atoms with Crippen LogP contribution in [0.5, 0.6) is 0 Å². The van der Waals surface area contributed by atoms with E-state index in [0.29, 0.717) is 11.1 Å². The van der Waals surface area contributed by atoms with Crippen LogP contribution >= 0.6 is 0 Å². The van der Waals surface area contributed by atoms with Crippen LogP contribution in [0.4, 0.5) is 11.4 Å². The number of carbonyl (C=O) groups is 1. The van der Waals surface area contributed by atoms with Crippen LogP contribution in [0.25, 0.3) is 16.5 Å². The van der Waals surface area contributed by atoms with Crippen LogP contribution in [0.3, 0.4) is 0 Å². The molecular weight excluding hydrogens is 616 g/mol. The highest BCUT2D eigenvalue weighted by atomic mass is 32.2. The minimum atomic E-state index is -5.18. The monoisotopic (exact) mass is 638 g/mol. The van der Waals surface area contributed by atoms with Crippen molar-refractivity contribution < 1.29 is 43.9 Å². The number of hydrogen-bond donors (Lipinski definition) is 3. The fourth-order valence-electron chi connectivity index (χ4n) is 4.13. The highest BCUT2D eigenvalue weighted by Gasteiger charge is 2.28. The predicted octanol–water partition coefficient (Wildman–Crippen LogP) is 3.20. The van der Waals surface area contributed by atoms with Gasteiger partial charge in [0.15, 0.2) is 21.2 Å². The molecule has 0 aliphatic carbocycles. The molecule has 0 radical (unpaired) electrons. The maximum Gasteiger partial charge on any atom is 0.358 e. The standard InChI is InChI=1S/C24H22N4O11S3/c1-3-12-40(31,32)15-7-4-6-14(13-15)25-26-20-21(24(30)39-2)27-28(23(20)29)18-11-10-16-17(22(18)42(36,37)38)8-5-9-19(16)41(33,34)35/h4-11,13,27H,3,12H2,1-2H3,(H,33,34,35)(H,36,37,38). The van der Waals surface area contributed by atoms with Crippen molar-refractivity contribution in [3.8, 4) is 5.69 Å². The van der Waals surface area contributed by atoms with Crippen LogP contribution in [0.1, 0.15) is 23.8 Å². The summed E-state index contributed by atoms with van der Waals surface area (Å²) < 4.78 is 98.4. The van der Waals surface area contributed by atoms with E-state index in [4.69, 9.17) is 0 Å². The van der Waals surface area contributed by atoms with Gasteiger partial charge in [-0.3, -0.25) is 19.0 Å². The predicted molar refractivity (Wildman–Crippen MR) is 148 cm³/mol. The first-order valence-electron chi connectivity index (χ1n) is 11.8. The molecule has 0 bridgehead atoms. The topological polar surface area (TPSA) is 232 Å². The van der Waals surface area contributed by atoms with Gasteiger partial charge in [-0.2, -0.15) is 21.9 Å². The molecular formula is C24H22N4O11S3. The molecule has 0 aliphatic heterocycles. The number of esters is 1. The molecule has 0 aliphatic rings. The molecule has 0 atom stereocenters. The molecule has 1 aromatic heterocycles. The van der Waals surface area contributed by atoms with E-state index in [1.165, 1.54) is 24.3 Å². The fraction of sp³-hybridized carbons (Fsp3) is 0.167. The van der Waals surface area contributed by atoms with Gasteiger partial charge in [0.05, 0.1) is 29.1 Å². The van der Waals surface area contributed by atoms with Crippen molar-refractivity contribution in [1.29, 1.82) is 0 Å². The van der Waals surface area contributed by atoms with E-state index >= 15 is 0 Å². The molecule has 15 nitrogen and oxygen atoms in total. The van der Waals surface area contributed by atoms with Crippen molar-refractivity contribution in [3.63, 3.8) is 0 Å². The van der Waals surface area contributed by atoms with Gasteiger partial charge in [-0.05, 0) is 36.8 Å². The molecule has 18 heteroatoms. The van der Waals surface area contributed by atoms with Gasteiger partial charge in [0.2, 0.25) is 0 Å². The third-order valence-electron chi connectivity index (χ3n) is 5.90. The molecule has 1 heterocycles. The summed E-state index contributed by atoms with van der Waals surface area (Å²) in [4.78, 5) is 24.3. The van der Waals surface area contributed by atoms with E-state index in [2.05, 4.69) is 20.1 Å². The number of nitrogens with zero attached hydrogens (tertiary/aromatic N) is 3. The molecule has 0 fully saturated rings. The molecule has 222 valence electrons. The van der Waals surface area contributed by atoms with E-state index < -0.39 is 68.5 Å². The van der Waals surface area contributed by atoms with Crippen molar-refractivity contribution in [2.45, 2.75) is 28.0 Å². The zero-order valence-electron chi connectivity index (χ0n) is 21.7. The summed E-state index contributed by atoms with van der Waals surface area (Å²) in [6, 6.07) is 10.6. The van der Waals surface area contributed by atoms with Crippen molar-refractivity contribution in [2.24, 2.45) is 10.2 Å².